The number of hydrogen-bond donors (Lipinski definition) is 2. The van der Waals surface area contributed by atoms with Gasteiger partial charge in [0, 0.05) is 18.6 Å². The number of carboxylic acids is 1. The summed E-state index contributed by atoms with van der Waals surface area (Å²) >= 11 is 0. The molecule has 4 unspecified atom stereocenters. The Labute approximate surface area is 108 Å². The second-order valence-corrected chi connectivity index (χ2v) is 5.56. The molecule has 0 saturated carbocycles. The quantitative estimate of drug-likeness (QED) is 0.796. The third-order valence-electron chi connectivity index (χ3n) is 4.08. The molecule has 2 heterocycles. The highest BCUT2D eigenvalue weighted by atomic mass is 16.5. The zero-order chi connectivity index (χ0) is 13.1. The SMILES string of the molecule is CC1CCCC(C)N1NCC1CCC(C(=O)O)O1. The van der Waals surface area contributed by atoms with Gasteiger partial charge in [0.2, 0.25) is 0 Å². The van der Waals surface area contributed by atoms with Gasteiger partial charge in [0.1, 0.15) is 0 Å². The minimum atomic E-state index is -0.836. The van der Waals surface area contributed by atoms with Crippen molar-refractivity contribution >= 4 is 5.97 Å². The monoisotopic (exact) mass is 256 g/mol. The molecule has 5 nitrogen and oxygen atoms in total. The van der Waals surface area contributed by atoms with Gasteiger partial charge in [0.15, 0.2) is 6.10 Å². The molecule has 0 aromatic heterocycles. The number of carbonyl (C=O) groups is 1. The van der Waals surface area contributed by atoms with E-state index < -0.39 is 12.1 Å². The number of nitrogens with one attached hydrogen (secondary N) is 1. The summed E-state index contributed by atoms with van der Waals surface area (Å²) in [5.74, 6) is -0.836. The normalized spacial score (nSPS) is 37.9. The first-order valence-electron chi connectivity index (χ1n) is 6.98. The molecule has 104 valence electrons. The van der Waals surface area contributed by atoms with Crippen LogP contribution in [0, 0.1) is 0 Å². The Bertz CT molecular complexity index is 288. The van der Waals surface area contributed by atoms with Crippen LogP contribution < -0.4 is 5.43 Å². The van der Waals surface area contributed by atoms with Gasteiger partial charge in [0.25, 0.3) is 0 Å². The van der Waals surface area contributed by atoms with Gasteiger partial charge in [-0.05, 0) is 39.5 Å². The van der Waals surface area contributed by atoms with Crippen molar-refractivity contribution in [1.29, 1.82) is 0 Å². The Morgan fingerprint density at radius 1 is 1.28 bits per heavy atom. The highest BCUT2D eigenvalue weighted by Crippen LogP contribution is 2.22. The fourth-order valence-electron chi connectivity index (χ4n) is 2.98. The van der Waals surface area contributed by atoms with Gasteiger partial charge in [-0.1, -0.05) is 6.42 Å². The predicted octanol–water partition coefficient (Wildman–Crippen LogP) is 1.39. The zero-order valence-electron chi connectivity index (χ0n) is 11.3. The first-order chi connectivity index (χ1) is 8.58. The number of rotatable bonds is 4. The molecule has 0 aromatic rings. The van der Waals surface area contributed by atoms with Gasteiger partial charge in [-0.3, -0.25) is 5.43 Å². The Morgan fingerprint density at radius 2 is 1.94 bits per heavy atom. The third kappa shape index (κ3) is 3.22. The summed E-state index contributed by atoms with van der Waals surface area (Å²) < 4.78 is 5.50. The number of hydrogen-bond acceptors (Lipinski definition) is 4. The predicted molar refractivity (Wildman–Crippen MR) is 68.1 cm³/mol. The molecule has 18 heavy (non-hydrogen) atoms. The maximum absolute atomic E-state index is 10.8. The second kappa shape index (κ2) is 5.99. The third-order valence-corrected chi connectivity index (χ3v) is 4.08. The summed E-state index contributed by atoms with van der Waals surface area (Å²) in [5, 5.41) is 11.2. The molecule has 2 aliphatic rings. The number of carboxylic acid groups (broad SMARTS) is 1. The van der Waals surface area contributed by atoms with Gasteiger partial charge >= 0.3 is 5.97 Å². The van der Waals surface area contributed by atoms with Gasteiger partial charge < -0.3 is 9.84 Å². The van der Waals surface area contributed by atoms with Crippen molar-refractivity contribution in [3.8, 4) is 0 Å². The molecule has 2 rings (SSSR count). The highest BCUT2D eigenvalue weighted by Gasteiger charge is 2.31. The van der Waals surface area contributed by atoms with E-state index in [9.17, 15) is 4.79 Å². The minimum absolute atomic E-state index is 0.0347. The van der Waals surface area contributed by atoms with Crippen LogP contribution in [0.4, 0.5) is 0 Å². The lowest BCUT2D eigenvalue weighted by Crippen LogP contribution is -2.53. The molecule has 0 radical (unpaired) electrons. The van der Waals surface area contributed by atoms with E-state index in [1.807, 2.05) is 0 Å². The van der Waals surface area contributed by atoms with Gasteiger partial charge in [-0.25, -0.2) is 9.80 Å². The van der Waals surface area contributed by atoms with Gasteiger partial charge in [-0.15, -0.1) is 0 Å². The topological polar surface area (TPSA) is 61.8 Å². The minimum Gasteiger partial charge on any atom is -0.479 e. The molecular formula is C13H24N2O3. The molecular weight excluding hydrogens is 232 g/mol. The number of aliphatic carboxylic acids is 1. The number of hydrazine groups is 1. The van der Waals surface area contributed by atoms with Crippen molar-refractivity contribution in [3.05, 3.63) is 0 Å². The Morgan fingerprint density at radius 3 is 2.50 bits per heavy atom. The van der Waals surface area contributed by atoms with Crippen LogP contribution in [0.1, 0.15) is 46.0 Å². The average molecular weight is 256 g/mol. The van der Waals surface area contributed by atoms with Crippen molar-refractivity contribution in [1.82, 2.24) is 10.4 Å². The van der Waals surface area contributed by atoms with E-state index in [1.165, 1.54) is 19.3 Å². The largest absolute Gasteiger partial charge is 0.479 e. The van der Waals surface area contributed by atoms with Crippen LogP contribution >= 0.6 is 0 Å². The molecule has 2 N–H and O–H groups in total. The van der Waals surface area contributed by atoms with Crippen LogP contribution in [0.5, 0.6) is 0 Å². The summed E-state index contributed by atoms with van der Waals surface area (Å²) in [4.78, 5) is 10.8. The fourth-order valence-corrected chi connectivity index (χ4v) is 2.98. The van der Waals surface area contributed by atoms with Crippen LogP contribution in [-0.2, 0) is 9.53 Å². The van der Waals surface area contributed by atoms with Crippen LogP contribution in [0.25, 0.3) is 0 Å². The number of piperidine rings is 1. The molecule has 0 bridgehead atoms. The van der Waals surface area contributed by atoms with E-state index in [1.54, 1.807) is 0 Å². The smallest absolute Gasteiger partial charge is 0.332 e. The lowest BCUT2D eigenvalue weighted by Gasteiger charge is -2.39. The lowest BCUT2D eigenvalue weighted by atomic mass is 10.00. The van der Waals surface area contributed by atoms with E-state index in [0.717, 1.165) is 13.0 Å². The van der Waals surface area contributed by atoms with E-state index in [2.05, 4.69) is 24.3 Å². The fraction of sp³-hybridized carbons (Fsp3) is 0.923. The zero-order valence-corrected chi connectivity index (χ0v) is 11.3. The summed E-state index contributed by atoms with van der Waals surface area (Å²) in [5.41, 5.74) is 3.44. The Balaban J connectivity index is 1.76. The number of nitrogens with zero attached hydrogens (tertiary/aromatic N) is 1. The van der Waals surface area contributed by atoms with E-state index in [0.29, 0.717) is 18.5 Å². The lowest BCUT2D eigenvalue weighted by molar-refractivity contribution is -0.149. The van der Waals surface area contributed by atoms with E-state index in [4.69, 9.17) is 9.84 Å². The molecule has 0 spiro atoms. The molecule has 2 fully saturated rings. The highest BCUT2D eigenvalue weighted by molar-refractivity contribution is 5.72. The van der Waals surface area contributed by atoms with Gasteiger partial charge in [0.05, 0.1) is 6.10 Å². The molecule has 0 aromatic carbocycles. The van der Waals surface area contributed by atoms with Crippen molar-refractivity contribution in [2.45, 2.75) is 70.2 Å². The first-order valence-corrected chi connectivity index (χ1v) is 6.98. The van der Waals surface area contributed by atoms with E-state index >= 15 is 0 Å². The van der Waals surface area contributed by atoms with Crippen LogP contribution in [0.3, 0.4) is 0 Å². The Hall–Kier alpha value is -0.650. The molecule has 2 aliphatic heterocycles. The molecule has 0 aliphatic carbocycles. The van der Waals surface area contributed by atoms with Crippen molar-refractivity contribution < 1.29 is 14.6 Å². The second-order valence-electron chi connectivity index (χ2n) is 5.56. The van der Waals surface area contributed by atoms with Crippen LogP contribution in [0.2, 0.25) is 0 Å². The molecule has 2 saturated heterocycles. The van der Waals surface area contributed by atoms with Crippen molar-refractivity contribution in [2.75, 3.05) is 6.54 Å². The summed E-state index contributed by atoms with van der Waals surface area (Å²) in [6, 6.07) is 1.09. The first kappa shape index (κ1) is 13.8. The Kier molecular flexibility index (Phi) is 4.59. The summed E-state index contributed by atoms with van der Waals surface area (Å²) in [6.07, 6.45) is 4.64. The summed E-state index contributed by atoms with van der Waals surface area (Å²) in [7, 11) is 0. The van der Waals surface area contributed by atoms with Crippen molar-refractivity contribution in [3.63, 3.8) is 0 Å². The molecule has 4 atom stereocenters. The standard InChI is InChI=1S/C13H24N2O3/c1-9-4-3-5-10(2)15(9)14-8-11-6-7-12(18-11)13(16)17/h9-12,14H,3-8H2,1-2H3,(H,16,17). The molecule has 0 amide bonds. The van der Waals surface area contributed by atoms with E-state index in [-0.39, 0.29) is 6.10 Å². The average Bonchev–Trinajstić information content (AvgIpc) is 2.77. The number of ether oxygens (including phenoxy) is 1. The maximum Gasteiger partial charge on any atom is 0.332 e. The van der Waals surface area contributed by atoms with Crippen LogP contribution in [-0.4, -0.2) is 46.9 Å². The van der Waals surface area contributed by atoms with Crippen LogP contribution in [0.15, 0.2) is 0 Å². The molecule has 5 heteroatoms. The maximum atomic E-state index is 10.8. The summed E-state index contributed by atoms with van der Waals surface area (Å²) in [6.45, 7) is 5.19. The van der Waals surface area contributed by atoms with Gasteiger partial charge in [-0.2, -0.15) is 0 Å². The van der Waals surface area contributed by atoms with Crippen molar-refractivity contribution in [2.24, 2.45) is 0 Å².